The van der Waals surface area contributed by atoms with E-state index in [9.17, 15) is 9.90 Å². The van der Waals surface area contributed by atoms with E-state index in [4.69, 9.17) is 11.6 Å². The largest absolute Gasteiger partial charge is 0.506 e. The number of rotatable bonds is 2. The zero-order chi connectivity index (χ0) is 14.3. The minimum absolute atomic E-state index is 0.0677. The molecule has 0 amide bonds. The van der Waals surface area contributed by atoms with Crippen LogP contribution in [0.25, 0.3) is 16.4 Å². The molecule has 8 heteroatoms. The topological polar surface area (TPSA) is 70.9 Å². The Kier molecular flexibility index (Phi) is 3.41. The second-order valence-electron chi connectivity index (χ2n) is 3.95. The van der Waals surface area contributed by atoms with Gasteiger partial charge in [0.2, 0.25) is 0 Å². The summed E-state index contributed by atoms with van der Waals surface area (Å²) in [6, 6.07) is 6.29. The second kappa shape index (κ2) is 5.08. The molecule has 1 aromatic carbocycles. The van der Waals surface area contributed by atoms with Crippen molar-refractivity contribution in [1.29, 1.82) is 0 Å². The molecule has 0 saturated heterocycles. The van der Waals surface area contributed by atoms with Gasteiger partial charge in [0.25, 0.3) is 0 Å². The fourth-order valence-corrected chi connectivity index (χ4v) is 3.24. The lowest BCUT2D eigenvalue weighted by atomic mass is 10.3. The molecule has 2 heterocycles. The number of hydrogen-bond acceptors (Lipinski definition) is 4. The summed E-state index contributed by atoms with van der Waals surface area (Å²) in [4.78, 5) is 15.4. The number of thiophene rings is 1. The molecule has 0 aliphatic heterocycles. The van der Waals surface area contributed by atoms with Crippen molar-refractivity contribution in [2.75, 3.05) is 0 Å². The number of nitrogens with zero attached hydrogens (tertiary/aromatic N) is 2. The van der Waals surface area contributed by atoms with Crippen molar-refractivity contribution in [1.82, 2.24) is 14.8 Å². The van der Waals surface area contributed by atoms with Crippen LogP contribution in [0.5, 0.6) is 5.75 Å². The fourth-order valence-electron chi connectivity index (χ4n) is 1.70. The molecule has 0 spiro atoms. The first-order chi connectivity index (χ1) is 9.54. The monoisotopic (exact) mass is 371 g/mol. The van der Waals surface area contributed by atoms with Crippen LogP contribution >= 0.6 is 38.9 Å². The highest BCUT2D eigenvalue weighted by atomic mass is 79.9. The first-order valence-corrected chi connectivity index (χ1v) is 7.52. The summed E-state index contributed by atoms with van der Waals surface area (Å²) in [6.07, 6.45) is 0. The van der Waals surface area contributed by atoms with Crippen LogP contribution < -0.4 is 5.69 Å². The third-order valence-corrected chi connectivity index (χ3v) is 4.52. The molecule has 0 bridgehead atoms. The van der Waals surface area contributed by atoms with Gasteiger partial charge in [0.15, 0.2) is 5.82 Å². The van der Waals surface area contributed by atoms with Crippen LogP contribution in [0.1, 0.15) is 0 Å². The van der Waals surface area contributed by atoms with Crippen LogP contribution in [0.4, 0.5) is 0 Å². The second-order valence-corrected chi connectivity index (χ2v) is 6.22. The van der Waals surface area contributed by atoms with Crippen LogP contribution in [-0.2, 0) is 0 Å². The van der Waals surface area contributed by atoms with Gasteiger partial charge in [-0.1, -0.05) is 11.6 Å². The van der Waals surface area contributed by atoms with Gasteiger partial charge in [-0.25, -0.2) is 4.79 Å². The highest BCUT2D eigenvalue weighted by Crippen LogP contribution is 2.28. The molecule has 0 fully saturated rings. The summed E-state index contributed by atoms with van der Waals surface area (Å²) in [5.41, 5.74) is -0.206. The Morgan fingerprint density at radius 2 is 2.20 bits per heavy atom. The first-order valence-electron chi connectivity index (χ1n) is 5.47. The van der Waals surface area contributed by atoms with E-state index in [1.807, 2.05) is 11.4 Å². The average Bonchev–Trinajstić information content (AvgIpc) is 2.99. The molecule has 0 aliphatic carbocycles. The third-order valence-electron chi connectivity index (χ3n) is 2.58. The van der Waals surface area contributed by atoms with Crippen molar-refractivity contribution in [3.63, 3.8) is 0 Å². The van der Waals surface area contributed by atoms with Gasteiger partial charge in [-0.15, -0.1) is 16.4 Å². The summed E-state index contributed by atoms with van der Waals surface area (Å²) < 4.78 is 2.00. The molecule has 0 aliphatic rings. The zero-order valence-electron chi connectivity index (χ0n) is 9.80. The maximum Gasteiger partial charge on any atom is 0.348 e. The molecule has 0 unspecified atom stereocenters. The van der Waals surface area contributed by atoms with Gasteiger partial charge < -0.3 is 5.11 Å². The van der Waals surface area contributed by atoms with E-state index in [0.717, 1.165) is 14.0 Å². The normalized spacial score (nSPS) is 10.9. The molecule has 0 saturated carbocycles. The smallest absolute Gasteiger partial charge is 0.348 e. The molecule has 0 atom stereocenters. The summed E-state index contributed by atoms with van der Waals surface area (Å²) in [5.74, 6) is 0.368. The first kappa shape index (κ1) is 13.4. The van der Waals surface area contributed by atoms with E-state index >= 15 is 0 Å². The number of phenols is 1. The standard InChI is InChI=1S/C12H7BrClN3O2S/c13-6-3-10(20-5-6)11-15-12(19)17(16-11)8-4-7(14)1-2-9(8)18/h1-5,18H,(H,15,16,19). The molecule has 5 nitrogen and oxygen atoms in total. The molecule has 2 aromatic heterocycles. The lowest BCUT2D eigenvalue weighted by molar-refractivity contribution is 0.470. The average molecular weight is 373 g/mol. The minimum atomic E-state index is -0.443. The number of hydrogen-bond donors (Lipinski definition) is 2. The van der Waals surface area contributed by atoms with Crippen molar-refractivity contribution in [3.8, 4) is 22.1 Å². The zero-order valence-corrected chi connectivity index (χ0v) is 13.0. The van der Waals surface area contributed by atoms with Crippen LogP contribution in [0.2, 0.25) is 5.02 Å². The molecule has 20 heavy (non-hydrogen) atoms. The molecule has 0 radical (unpaired) electrons. The van der Waals surface area contributed by atoms with Crippen molar-refractivity contribution >= 4 is 38.9 Å². The van der Waals surface area contributed by atoms with E-state index < -0.39 is 5.69 Å². The Balaban J connectivity index is 2.14. The SMILES string of the molecule is O=c1[nH]c(-c2cc(Br)cs2)nn1-c1cc(Cl)ccc1O. The van der Waals surface area contributed by atoms with Gasteiger partial charge in [0.1, 0.15) is 11.4 Å². The van der Waals surface area contributed by atoms with E-state index in [2.05, 4.69) is 26.0 Å². The Morgan fingerprint density at radius 1 is 1.40 bits per heavy atom. The number of nitrogens with one attached hydrogen (secondary N) is 1. The molecule has 3 aromatic rings. The van der Waals surface area contributed by atoms with Gasteiger partial charge in [-0.2, -0.15) is 4.68 Å². The predicted molar refractivity (Wildman–Crippen MR) is 81.9 cm³/mol. The highest BCUT2D eigenvalue weighted by Gasteiger charge is 2.13. The van der Waals surface area contributed by atoms with Gasteiger partial charge in [0, 0.05) is 14.9 Å². The van der Waals surface area contributed by atoms with Crippen LogP contribution in [0.15, 0.2) is 38.9 Å². The van der Waals surface area contributed by atoms with Crippen LogP contribution in [-0.4, -0.2) is 19.9 Å². The Hall–Kier alpha value is -1.57. The number of aromatic hydroxyl groups is 1. The van der Waals surface area contributed by atoms with Crippen molar-refractivity contribution < 1.29 is 5.11 Å². The molecule has 2 N–H and O–H groups in total. The number of halogens is 2. The van der Waals surface area contributed by atoms with Gasteiger partial charge in [-0.3, -0.25) is 4.98 Å². The fraction of sp³-hybridized carbons (Fsp3) is 0. The van der Waals surface area contributed by atoms with Crippen LogP contribution in [0.3, 0.4) is 0 Å². The number of H-pyrrole nitrogens is 1. The molecular formula is C12H7BrClN3O2S. The summed E-state index contributed by atoms with van der Waals surface area (Å²) in [6.45, 7) is 0. The predicted octanol–water partition coefficient (Wildman–Crippen LogP) is 3.41. The number of aromatic nitrogens is 3. The summed E-state index contributed by atoms with van der Waals surface area (Å²) in [7, 11) is 0. The van der Waals surface area contributed by atoms with E-state index in [-0.39, 0.29) is 11.4 Å². The van der Waals surface area contributed by atoms with E-state index in [1.54, 1.807) is 0 Å². The third kappa shape index (κ3) is 2.39. The van der Waals surface area contributed by atoms with Gasteiger partial charge >= 0.3 is 5.69 Å². The Morgan fingerprint density at radius 3 is 2.90 bits per heavy atom. The lowest BCUT2D eigenvalue weighted by Gasteiger charge is -2.02. The van der Waals surface area contributed by atoms with Crippen LogP contribution in [0, 0.1) is 0 Å². The Bertz CT molecular complexity index is 839. The lowest BCUT2D eigenvalue weighted by Crippen LogP contribution is -2.16. The molecular weight excluding hydrogens is 366 g/mol. The van der Waals surface area contributed by atoms with E-state index in [1.165, 1.54) is 29.5 Å². The van der Waals surface area contributed by atoms with E-state index in [0.29, 0.717) is 10.8 Å². The van der Waals surface area contributed by atoms with Gasteiger partial charge in [-0.05, 0) is 40.2 Å². The van der Waals surface area contributed by atoms with Crippen molar-refractivity contribution in [3.05, 3.63) is 49.6 Å². The quantitative estimate of drug-likeness (QED) is 0.724. The highest BCUT2D eigenvalue weighted by molar-refractivity contribution is 9.10. The van der Waals surface area contributed by atoms with Gasteiger partial charge in [0.05, 0.1) is 4.88 Å². The maximum atomic E-state index is 12.0. The summed E-state index contributed by atoms with van der Waals surface area (Å²) >= 11 is 10.7. The molecule has 3 rings (SSSR count). The number of aromatic amines is 1. The van der Waals surface area contributed by atoms with Crippen molar-refractivity contribution in [2.45, 2.75) is 0 Å². The number of benzene rings is 1. The minimum Gasteiger partial charge on any atom is -0.506 e. The maximum absolute atomic E-state index is 12.0. The van der Waals surface area contributed by atoms with Crippen molar-refractivity contribution in [2.24, 2.45) is 0 Å². The molecule has 102 valence electrons. The summed E-state index contributed by atoms with van der Waals surface area (Å²) in [5, 5.41) is 16.3. The Labute approximate surface area is 130 Å². The number of phenolic OH excluding ortho intramolecular Hbond substituents is 1.